The molecule has 1 unspecified atom stereocenters. The first kappa shape index (κ1) is 13.1. The Morgan fingerprint density at radius 1 is 1.25 bits per heavy atom. The van der Waals surface area contributed by atoms with E-state index >= 15 is 0 Å². The van der Waals surface area contributed by atoms with Gasteiger partial charge in [0.15, 0.2) is 11.6 Å². The number of rotatable bonds is 4. The van der Waals surface area contributed by atoms with E-state index in [9.17, 15) is 0 Å². The summed E-state index contributed by atoms with van der Waals surface area (Å²) >= 11 is 0. The number of hydrogen-bond donors (Lipinski definition) is 2. The molecule has 3 rings (SSSR count). The summed E-state index contributed by atoms with van der Waals surface area (Å²) < 4.78 is 0. The van der Waals surface area contributed by atoms with Gasteiger partial charge in [0, 0.05) is 19.2 Å². The molecule has 106 valence electrons. The SMILES string of the molecule is Nc1nc2ccccc2nc1N1CCCC1CCCO. The number of nitrogens with two attached hydrogens (primary N) is 1. The van der Waals surface area contributed by atoms with Crippen LogP contribution < -0.4 is 10.6 Å². The van der Waals surface area contributed by atoms with E-state index < -0.39 is 0 Å². The monoisotopic (exact) mass is 272 g/mol. The van der Waals surface area contributed by atoms with Gasteiger partial charge in [0.2, 0.25) is 0 Å². The average Bonchev–Trinajstić information content (AvgIpc) is 2.92. The normalized spacial score (nSPS) is 18.9. The van der Waals surface area contributed by atoms with E-state index in [2.05, 4.69) is 9.88 Å². The third-order valence-corrected chi connectivity index (χ3v) is 3.92. The topological polar surface area (TPSA) is 75.3 Å². The number of para-hydroxylation sites is 2. The summed E-state index contributed by atoms with van der Waals surface area (Å²) in [6.45, 7) is 1.20. The number of anilines is 2. The molecule has 1 aromatic heterocycles. The van der Waals surface area contributed by atoms with Crippen LogP contribution in [0.1, 0.15) is 25.7 Å². The van der Waals surface area contributed by atoms with Gasteiger partial charge in [-0.1, -0.05) is 12.1 Å². The first-order valence-electron chi connectivity index (χ1n) is 7.19. The molecule has 0 bridgehead atoms. The number of fused-ring (bicyclic) bond motifs is 1. The summed E-state index contributed by atoms with van der Waals surface area (Å²) in [6, 6.07) is 8.21. The molecule has 1 atom stereocenters. The van der Waals surface area contributed by atoms with Crippen LogP contribution in [-0.2, 0) is 0 Å². The molecule has 1 aliphatic heterocycles. The molecule has 2 heterocycles. The number of nitrogen functional groups attached to an aromatic ring is 1. The van der Waals surface area contributed by atoms with Crippen molar-refractivity contribution in [3.63, 3.8) is 0 Å². The fourth-order valence-electron chi connectivity index (χ4n) is 2.96. The second kappa shape index (κ2) is 5.63. The first-order valence-corrected chi connectivity index (χ1v) is 7.19. The molecule has 1 aliphatic rings. The van der Waals surface area contributed by atoms with E-state index in [-0.39, 0.29) is 6.61 Å². The van der Waals surface area contributed by atoms with Gasteiger partial charge in [-0.2, -0.15) is 0 Å². The van der Waals surface area contributed by atoms with Crippen LogP contribution in [0.2, 0.25) is 0 Å². The highest BCUT2D eigenvalue weighted by Gasteiger charge is 2.27. The van der Waals surface area contributed by atoms with Crippen LogP contribution in [-0.4, -0.2) is 34.3 Å². The largest absolute Gasteiger partial charge is 0.396 e. The van der Waals surface area contributed by atoms with E-state index in [1.54, 1.807) is 0 Å². The summed E-state index contributed by atoms with van der Waals surface area (Å²) in [6.07, 6.45) is 4.07. The first-order chi connectivity index (χ1) is 9.79. The van der Waals surface area contributed by atoms with Crippen molar-refractivity contribution < 1.29 is 5.11 Å². The van der Waals surface area contributed by atoms with Crippen molar-refractivity contribution in [3.8, 4) is 0 Å². The van der Waals surface area contributed by atoms with Gasteiger partial charge >= 0.3 is 0 Å². The highest BCUT2D eigenvalue weighted by molar-refractivity contribution is 5.79. The summed E-state index contributed by atoms with van der Waals surface area (Å²) in [7, 11) is 0. The summed E-state index contributed by atoms with van der Waals surface area (Å²) in [5, 5.41) is 9.01. The second-order valence-corrected chi connectivity index (χ2v) is 5.28. The minimum Gasteiger partial charge on any atom is -0.396 e. The molecule has 1 aromatic carbocycles. The lowest BCUT2D eigenvalue weighted by atomic mass is 10.1. The Hall–Kier alpha value is -1.88. The van der Waals surface area contributed by atoms with Crippen LogP contribution in [0.15, 0.2) is 24.3 Å². The van der Waals surface area contributed by atoms with Crippen molar-refractivity contribution in [2.75, 3.05) is 23.8 Å². The zero-order chi connectivity index (χ0) is 13.9. The van der Waals surface area contributed by atoms with Crippen LogP contribution in [0.3, 0.4) is 0 Å². The number of benzene rings is 1. The van der Waals surface area contributed by atoms with Gasteiger partial charge in [0.25, 0.3) is 0 Å². The third-order valence-electron chi connectivity index (χ3n) is 3.92. The molecule has 3 N–H and O–H groups in total. The third kappa shape index (κ3) is 2.41. The molecule has 0 radical (unpaired) electrons. The summed E-state index contributed by atoms with van der Waals surface area (Å²) in [4.78, 5) is 11.4. The fourth-order valence-corrected chi connectivity index (χ4v) is 2.96. The minimum absolute atomic E-state index is 0.239. The van der Waals surface area contributed by atoms with Gasteiger partial charge in [-0.3, -0.25) is 0 Å². The number of hydrogen-bond acceptors (Lipinski definition) is 5. The number of aliphatic hydroxyl groups is 1. The Kier molecular flexibility index (Phi) is 3.69. The lowest BCUT2D eigenvalue weighted by Crippen LogP contribution is -2.31. The maximum atomic E-state index is 9.01. The highest BCUT2D eigenvalue weighted by Crippen LogP contribution is 2.31. The van der Waals surface area contributed by atoms with Gasteiger partial charge in [0.1, 0.15) is 0 Å². The number of nitrogens with zero attached hydrogens (tertiary/aromatic N) is 3. The van der Waals surface area contributed by atoms with Gasteiger partial charge in [-0.15, -0.1) is 0 Å². The van der Waals surface area contributed by atoms with Crippen molar-refractivity contribution in [2.45, 2.75) is 31.7 Å². The smallest absolute Gasteiger partial charge is 0.172 e. The van der Waals surface area contributed by atoms with Crippen molar-refractivity contribution in [2.24, 2.45) is 0 Å². The average molecular weight is 272 g/mol. The van der Waals surface area contributed by atoms with Crippen molar-refractivity contribution in [1.82, 2.24) is 9.97 Å². The molecule has 0 saturated carbocycles. The Labute approximate surface area is 118 Å². The standard InChI is InChI=1S/C15H20N4O/c16-14-15(18-13-8-2-1-7-12(13)17-14)19-9-3-5-11(19)6-4-10-20/h1-2,7-8,11,20H,3-6,9-10H2,(H2,16,17). The lowest BCUT2D eigenvalue weighted by molar-refractivity contribution is 0.279. The predicted molar refractivity (Wildman–Crippen MR) is 80.6 cm³/mol. The summed E-state index contributed by atoms with van der Waals surface area (Å²) in [5.74, 6) is 1.30. The minimum atomic E-state index is 0.239. The number of aromatic nitrogens is 2. The Morgan fingerprint density at radius 2 is 2.00 bits per heavy atom. The van der Waals surface area contributed by atoms with Crippen LogP contribution >= 0.6 is 0 Å². The maximum absolute atomic E-state index is 9.01. The van der Waals surface area contributed by atoms with Crippen molar-refractivity contribution >= 4 is 22.7 Å². The van der Waals surface area contributed by atoms with Crippen molar-refractivity contribution in [3.05, 3.63) is 24.3 Å². The highest BCUT2D eigenvalue weighted by atomic mass is 16.2. The Bertz CT molecular complexity index is 601. The van der Waals surface area contributed by atoms with E-state index in [0.29, 0.717) is 11.9 Å². The molecular weight excluding hydrogens is 252 g/mol. The van der Waals surface area contributed by atoms with Crippen LogP contribution in [0.25, 0.3) is 11.0 Å². The molecule has 0 spiro atoms. The molecule has 5 heteroatoms. The molecule has 5 nitrogen and oxygen atoms in total. The van der Waals surface area contributed by atoms with Gasteiger partial charge in [-0.05, 0) is 37.8 Å². The van der Waals surface area contributed by atoms with E-state index in [1.165, 1.54) is 0 Å². The van der Waals surface area contributed by atoms with Crippen molar-refractivity contribution in [1.29, 1.82) is 0 Å². The van der Waals surface area contributed by atoms with E-state index in [1.807, 2.05) is 24.3 Å². The Balaban J connectivity index is 1.94. The number of aliphatic hydroxyl groups excluding tert-OH is 1. The lowest BCUT2D eigenvalue weighted by Gasteiger charge is -2.26. The van der Waals surface area contributed by atoms with E-state index in [4.69, 9.17) is 15.8 Å². The van der Waals surface area contributed by atoms with Gasteiger partial charge in [0.05, 0.1) is 11.0 Å². The van der Waals surface area contributed by atoms with Crippen LogP contribution in [0.4, 0.5) is 11.6 Å². The predicted octanol–water partition coefficient (Wildman–Crippen LogP) is 1.95. The van der Waals surface area contributed by atoms with Gasteiger partial charge in [-0.25, -0.2) is 9.97 Å². The molecular formula is C15H20N4O. The van der Waals surface area contributed by atoms with E-state index in [0.717, 1.165) is 49.1 Å². The second-order valence-electron chi connectivity index (χ2n) is 5.28. The quantitative estimate of drug-likeness (QED) is 0.889. The zero-order valence-corrected chi connectivity index (χ0v) is 11.5. The molecule has 0 aliphatic carbocycles. The molecule has 20 heavy (non-hydrogen) atoms. The fraction of sp³-hybridized carbons (Fsp3) is 0.467. The maximum Gasteiger partial charge on any atom is 0.172 e. The molecule has 1 saturated heterocycles. The van der Waals surface area contributed by atoms with Crippen LogP contribution in [0.5, 0.6) is 0 Å². The summed E-state index contributed by atoms with van der Waals surface area (Å²) in [5.41, 5.74) is 7.81. The van der Waals surface area contributed by atoms with Gasteiger partial charge < -0.3 is 15.7 Å². The zero-order valence-electron chi connectivity index (χ0n) is 11.5. The molecule has 2 aromatic rings. The Morgan fingerprint density at radius 3 is 2.75 bits per heavy atom. The molecule has 1 fully saturated rings. The van der Waals surface area contributed by atoms with Crippen LogP contribution in [0, 0.1) is 0 Å². The molecule has 0 amide bonds.